The van der Waals surface area contributed by atoms with Gasteiger partial charge in [0.1, 0.15) is 10.8 Å². The van der Waals surface area contributed by atoms with Gasteiger partial charge in [0.2, 0.25) is 15.0 Å². The zero-order chi connectivity index (χ0) is 22.4. The molecule has 3 aromatic rings. The zero-order valence-corrected chi connectivity index (χ0v) is 19.1. The molecule has 0 spiro atoms. The zero-order valence-electron chi connectivity index (χ0n) is 17.5. The summed E-state index contributed by atoms with van der Waals surface area (Å²) in [4.78, 5) is 12.5. The Morgan fingerprint density at radius 2 is 1.74 bits per heavy atom. The van der Waals surface area contributed by atoms with Crippen molar-refractivity contribution in [1.82, 2.24) is 14.9 Å². The van der Waals surface area contributed by atoms with E-state index >= 15 is 0 Å². The fraction of sp³-hybridized carbons (Fsp3) is 0.286. The summed E-state index contributed by atoms with van der Waals surface area (Å²) in [5.74, 6) is 0.754. The molecule has 0 bridgehead atoms. The molecule has 31 heavy (non-hydrogen) atoms. The van der Waals surface area contributed by atoms with Crippen molar-refractivity contribution in [1.29, 1.82) is 0 Å². The van der Waals surface area contributed by atoms with Crippen LogP contribution in [0.2, 0.25) is 0 Å². The van der Waals surface area contributed by atoms with E-state index in [2.05, 4.69) is 34.1 Å². The lowest BCUT2D eigenvalue weighted by atomic mass is 10.0. The molecular formula is C21H24N4O4S2. The Balaban J connectivity index is 1.59. The number of rotatable bonds is 9. The van der Waals surface area contributed by atoms with Gasteiger partial charge >= 0.3 is 0 Å². The van der Waals surface area contributed by atoms with E-state index in [1.807, 2.05) is 12.1 Å². The minimum absolute atomic E-state index is 0.0520. The second kappa shape index (κ2) is 9.99. The molecule has 10 heteroatoms. The van der Waals surface area contributed by atoms with Gasteiger partial charge in [-0.05, 0) is 54.3 Å². The van der Waals surface area contributed by atoms with Gasteiger partial charge in [-0.1, -0.05) is 37.3 Å². The van der Waals surface area contributed by atoms with Gasteiger partial charge in [-0.2, -0.15) is 0 Å². The third-order valence-electron chi connectivity index (χ3n) is 4.30. The first-order chi connectivity index (χ1) is 14.8. The molecule has 0 saturated heterocycles. The highest BCUT2D eigenvalue weighted by Crippen LogP contribution is 2.18. The van der Waals surface area contributed by atoms with Gasteiger partial charge in [-0.15, -0.1) is 10.2 Å². The second-order valence-corrected chi connectivity index (χ2v) is 10.1. The summed E-state index contributed by atoms with van der Waals surface area (Å²) in [6, 6.07) is 13.7. The average Bonchev–Trinajstić information content (AvgIpc) is 3.22. The van der Waals surface area contributed by atoms with Crippen molar-refractivity contribution in [3.05, 3.63) is 64.1 Å². The fourth-order valence-electron chi connectivity index (χ4n) is 2.79. The summed E-state index contributed by atoms with van der Waals surface area (Å²) >= 11 is 1.03. The van der Waals surface area contributed by atoms with Crippen molar-refractivity contribution in [3.8, 4) is 5.75 Å². The van der Waals surface area contributed by atoms with Crippen LogP contribution >= 0.6 is 11.3 Å². The second-order valence-electron chi connectivity index (χ2n) is 7.25. The van der Waals surface area contributed by atoms with Crippen LogP contribution in [0.25, 0.3) is 0 Å². The molecule has 0 unspecified atom stereocenters. The summed E-state index contributed by atoms with van der Waals surface area (Å²) < 4.78 is 32.6. The standard InChI is InChI=1S/C21H24N4O4S2/c1-14(2)12-15-4-10-18(11-5-15)31(27,28)22-13-19-24-25-21(30-19)20(26)23-16-6-8-17(29-3)9-7-16/h4-11,14,22H,12-13H2,1-3H3,(H,23,26). The summed E-state index contributed by atoms with van der Waals surface area (Å²) in [7, 11) is -2.13. The smallest absolute Gasteiger partial charge is 0.286 e. The highest BCUT2D eigenvalue weighted by Gasteiger charge is 2.17. The van der Waals surface area contributed by atoms with Gasteiger partial charge in [0, 0.05) is 5.69 Å². The first-order valence-electron chi connectivity index (χ1n) is 9.63. The molecule has 1 heterocycles. The van der Waals surface area contributed by atoms with Gasteiger partial charge in [-0.3, -0.25) is 4.79 Å². The predicted octanol–water partition coefficient (Wildman–Crippen LogP) is 3.48. The summed E-state index contributed by atoms with van der Waals surface area (Å²) in [6.45, 7) is 4.17. The fourth-order valence-corrected chi connectivity index (χ4v) is 4.55. The van der Waals surface area contributed by atoms with Crippen molar-refractivity contribution in [2.45, 2.75) is 31.7 Å². The first-order valence-corrected chi connectivity index (χ1v) is 11.9. The number of sulfonamides is 1. The maximum absolute atomic E-state index is 12.5. The molecule has 2 N–H and O–H groups in total. The highest BCUT2D eigenvalue weighted by atomic mass is 32.2. The summed E-state index contributed by atoms with van der Waals surface area (Å²) in [5.41, 5.74) is 1.68. The number of anilines is 1. The molecular weight excluding hydrogens is 436 g/mol. The number of carbonyl (C=O) groups is 1. The molecule has 1 amide bonds. The molecule has 164 valence electrons. The van der Waals surface area contributed by atoms with Crippen LogP contribution < -0.4 is 14.8 Å². The van der Waals surface area contributed by atoms with Crippen LogP contribution in [-0.2, 0) is 23.0 Å². The monoisotopic (exact) mass is 460 g/mol. The van der Waals surface area contributed by atoms with Crippen LogP contribution in [-0.4, -0.2) is 31.6 Å². The molecule has 0 aliphatic carbocycles. The number of nitrogens with one attached hydrogen (secondary N) is 2. The third kappa shape index (κ3) is 6.33. The number of ether oxygens (including phenoxy) is 1. The Morgan fingerprint density at radius 3 is 2.35 bits per heavy atom. The first kappa shape index (κ1) is 22.9. The molecule has 2 aromatic carbocycles. The maximum atomic E-state index is 12.5. The van der Waals surface area contributed by atoms with E-state index < -0.39 is 15.9 Å². The van der Waals surface area contributed by atoms with E-state index in [0.29, 0.717) is 22.4 Å². The Labute approximate surface area is 185 Å². The van der Waals surface area contributed by atoms with Gasteiger partial charge in [0.25, 0.3) is 5.91 Å². The lowest BCUT2D eigenvalue weighted by Crippen LogP contribution is -2.23. The Bertz CT molecular complexity index is 1120. The lowest BCUT2D eigenvalue weighted by molar-refractivity contribution is 0.102. The summed E-state index contributed by atoms with van der Waals surface area (Å²) in [5, 5.41) is 11.0. The van der Waals surface area contributed by atoms with E-state index in [1.54, 1.807) is 43.5 Å². The van der Waals surface area contributed by atoms with Crippen LogP contribution in [0.4, 0.5) is 5.69 Å². The normalized spacial score (nSPS) is 11.5. The average molecular weight is 461 g/mol. The molecule has 3 rings (SSSR count). The largest absolute Gasteiger partial charge is 0.497 e. The minimum Gasteiger partial charge on any atom is -0.497 e. The van der Waals surface area contributed by atoms with Crippen molar-refractivity contribution in [2.24, 2.45) is 5.92 Å². The van der Waals surface area contributed by atoms with Crippen molar-refractivity contribution in [3.63, 3.8) is 0 Å². The lowest BCUT2D eigenvalue weighted by Gasteiger charge is -2.08. The Kier molecular flexibility index (Phi) is 7.37. The van der Waals surface area contributed by atoms with Crippen LogP contribution in [0.5, 0.6) is 5.75 Å². The molecule has 0 aliphatic rings. The van der Waals surface area contributed by atoms with Crippen LogP contribution in [0.1, 0.15) is 34.2 Å². The molecule has 1 aromatic heterocycles. The van der Waals surface area contributed by atoms with Gasteiger partial charge < -0.3 is 10.1 Å². The van der Waals surface area contributed by atoms with E-state index in [4.69, 9.17) is 4.74 Å². The van der Waals surface area contributed by atoms with Crippen LogP contribution in [0, 0.1) is 5.92 Å². The third-order valence-corrected chi connectivity index (χ3v) is 6.64. The van der Waals surface area contributed by atoms with Gasteiger partial charge in [0.05, 0.1) is 18.6 Å². The van der Waals surface area contributed by atoms with E-state index in [0.717, 1.165) is 23.3 Å². The Morgan fingerprint density at radius 1 is 1.06 bits per heavy atom. The number of hydrogen-bond donors (Lipinski definition) is 2. The van der Waals surface area contributed by atoms with Gasteiger partial charge in [-0.25, -0.2) is 13.1 Å². The summed E-state index contributed by atoms with van der Waals surface area (Å²) in [6.07, 6.45) is 0.889. The molecule has 8 nitrogen and oxygen atoms in total. The highest BCUT2D eigenvalue weighted by molar-refractivity contribution is 7.89. The molecule has 0 saturated carbocycles. The SMILES string of the molecule is COc1ccc(NC(=O)c2nnc(CNS(=O)(=O)c3ccc(CC(C)C)cc3)s2)cc1. The van der Waals surface area contributed by atoms with Crippen molar-refractivity contribution < 1.29 is 17.9 Å². The van der Waals surface area contributed by atoms with E-state index in [9.17, 15) is 13.2 Å². The van der Waals surface area contributed by atoms with Crippen molar-refractivity contribution >= 4 is 33.0 Å². The Hall–Kier alpha value is -2.82. The number of carbonyl (C=O) groups excluding carboxylic acids is 1. The number of amides is 1. The molecule has 0 aliphatic heterocycles. The molecule has 0 atom stereocenters. The van der Waals surface area contributed by atoms with Gasteiger partial charge in [0.15, 0.2) is 0 Å². The van der Waals surface area contributed by atoms with Crippen LogP contribution in [0.15, 0.2) is 53.4 Å². The number of aromatic nitrogens is 2. The number of nitrogens with zero attached hydrogens (tertiary/aromatic N) is 2. The number of methoxy groups -OCH3 is 1. The molecule has 0 radical (unpaired) electrons. The maximum Gasteiger partial charge on any atom is 0.286 e. The minimum atomic E-state index is -3.69. The van der Waals surface area contributed by atoms with E-state index in [1.165, 1.54) is 0 Å². The number of hydrogen-bond acceptors (Lipinski definition) is 7. The quantitative estimate of drug-likeness (QED) is 0.506. The van der Waals surface area contributed by atoms with E-state index in [-0.39, 0.29) is 16.4 Å². The predicted molar refractivity (Wildman–Crippen MR) is 120 cm³/mol. The molecule has 0 fully saturated rings. The number of benzene rings is 2. The van der Waals surface area contributed by atoms with Crippen molar-refractivity contribution in [2.75, 3.05) is 12.4 Å². The van der Waals surface area contributed by atoms with Crippen LogP contribution in [0.3, 0.4) is 0 Å². The topological polar surface area (TPSA) is 110 Å².